The first-order valence-corrected chi connectivity index (χ1v) is 6.08. The second-order valence-electron chi connectivity index (χ2n) is 4.42. The van der Waals surface area contributed by atoms with Crippen molar-refractivity contribution in [3.05, 3.63) is 47.3 Å². The van der Waals surface area contributed by atoms with Gasteiger partial charge in [0.2, 0.25) is 0 Å². The van der Waals surface area contributed by atoms with Crippen LogP contribution in [0.3, 0.4) is 0 Å². The lowest BCUT2D eigenvalue weighted by Gasteiger charge is -2.08. The molecule has 1 aromatic carbocycles. The fourth-order valence-electron chi connectivity index (χ4n) is 1.82. The van der Waals surface area contributed by atoms with Gasteiger partial charge < -0.3 is 10.5 Å². The van der Waals surface area contributed by atoms with Gasteiger partial charge in [-0.2, -0.15) is 5.10 Å². The van der Waals surface area contributed by atoms with Gasteiger partial charge in [-0.15, -0.1) is 0 Å². The summed E-state index contributed by atoms with van der Waals surface area (Å²) < 4.78 is 6.99. The Labute approximate surface area is 112 Å². The van der Waals surface area contributed by atoms with Crippen molar-refractivity contribution in [3.8, 4) is 0 Å². The van der Waals surface area contributed by atoms with Crippen molar-refractivity contribution in [2.75, 3.05) is 12.3 Å². The number of benzene rings is 1. The monoisotopic (exact) mass is 259 g/mol. The van der Waals surface area contributed by atoms with Gasteiger partial charge in [-0.3, -0.25) is 4.68 Å². The van der Waals surface area contributed by atoms with Crippen LogP contribution in [0.1, 0.15) is 21.6 Å². The molecule has 0 saturated carbocycles. The van der Waals surface area contributed by atoms with Crippen molar-refractivity contribution in [1.82, 2.24) is 9.78 Å². The molecule has 2 rings (SSSR count). The summed E-state index contributed by atoms with van der Waals surface area (Å²) in [5.74, 6) is -0.386. The molecule has 5 heteroatoms. The second kappa shape index (κ2) is 5.56. The van der Waals surface area contributed by atoms with Gasteiger partial charge in [0, 0.05) is 31.0 Å². The van der Waals surface area contributed by atoms with E-state index in [1.165, 1.54) is 0 Å². The summed E-state index contributed by atoms with van der Waals surface area (Å²) in [6.45, 7) is 2.22. The summed E-state index contributed by atoms with van der Waals surface area (Å²) in [5.41, 5.74) is 8.63. The molecule has 100 valence electrons. The summed E-state index contributed by atoms with van der Waals surface area (Å²) in [6.07, 6.45) is 2.35. The Hall–Kier alpha value is -2.30. The van der Waals surface area contributed by atoms with E-state index in [0.717, 1.165) is 11.3 Å². The average molecular weight is 259 g/mol. The van der Waals surface area contributed by atoms with Gasteiger partial charge in [0.15, 0.2) is 0 Å². The molecule has 0 aliphatic carbocycles. The zero-order valence-electron chi connectivity index (χ0n) is 11.1. The number of hydrogen-bond donors (Lipinski definition) is 1. The van der Waals surface area contributed by atoms with Crippen molar-refractivity contribution < 1.29 is 9.53 Å². The molecule has 0 bridgehead atoms. The molecule has 2 aromatic rings. The van der Waals surface area contributed by atoms with Gasteiger partial charge in [-0.1, -0.05) is 11.6 Å². The number of hydrogen-bond acceptors (Lipinski definition) is 4. The van der Waals surface area contributed by atoms with Crippen LogP contribution in [0, 0.1) is 6.92 Å². The summed E-state index contributed by atoms with van der Waals surface area (Å²) >= 11 is 0. The molecule has 0 atom stereocenters. The topological polar surface area (TPSA) is 70.1 Å². The van der Waals surface area contributed by atoms with Gasteiger partial charge in [0.1, 0.15) is 0 Å². The van der Waals surface area contributed by atoms with E-state index in [2.05, 4.69) is 5.10 Å². The summed E-state index contributed by atoms with van der Waals surface area (Å²) in [6, 6.07) is 7.21. The molecule has 0 spiro atoms. The van der Waals surface area contributed by atoms with Crippen molar-refractivity contribution in [2.45, 2.75) is 13.3 Å². The molecule has 1 aromatic heterocycles. The zero-order valence-corrected chi connectivity index (χ0v) is 11.1. The van der Waals surface area contributed by atoms with Crippen LogP contribution in [-0.2, 0) is 18.2 Å². The smallest absolute Gasteiger partial charge is 0.340 e. The third-order valence-corrected chi connectivity index (χ3v) is 2.94. The third kappa shape index (κ3) is 3.13. The van der Waals surface area contributed by atoms with E-state index in [9.17, 15) is 4.79 Å². The molecule has 0 fully saturated rings. The number of nitrogens with two attached hydrogens (primary N) is 1. The van der Waals surface area contributed by atoms with Gasteiger partial charge >= 0.3 is 5.97 Å². The Bertz CT molecular complexity index is 590. The van der Waals surface area contributed by atoms with Crippen LogP contribution in [0.25, 0.3) is 0 Å². The minimum atomic E-state index is -0.386. The number of nitrogen functional groups attached to an aromatic ring is 1. The fourth-order valence-corrected chi connectivity index (χ4v) is 1.82. The van der Waals surface area contributed by atoms with Gasteiger partial charge in [-0.25, -0.2) is 4.79 Å². The molecular weight excluding hydrogens is 242 g/mol. The van der Waals surface area contributed by atoms with Gasteiger partial charge in [-0.05, 0) is 25.1 Å². The molecule has 0 amide bonds. The maximum atomic E-state index is 11.9. The Balaban J connectivity index is 1.94. The van der Waals surface area contributed by atoms with Crippen LogP contribution in [0.15, 0.2) is 30.5 Å². The highest BCUT2D eigenvalue weighted by Gasteiger charge is 2.11. The van der Waals surface area contributed by atoms with Crippen LogP contribution in [0.2, 0.25) is 0 Å². The number of esters is 1. The predicted octanol–water partition coefficient (Wildman–Crippen LogP) is 1.71. The second-order valence-corrected chi connectivity index (χ2v) is 4.42. The largest absolute Gasteiger partial charge is 0.462 e. The number of anilines is 1. The summed E-state index contributed by atoms with van der Waals surface area (Å²) in [7, 11) is 1.86. The average Bonchev–Trinajstić information content (AvgIpc) is 2.78. The maximum absolute atomic E-state index is 11.9. The molecule has 0 aliphatic rings. The van der Waals surface area contributed by atoms with E-state index >= 15 is 0 Å². The van der Waals surface area contributed by atoms with Crippen molar-refractivity contribution in [1.29, 1.82) is 0 Å². The lowest BCUT2D eigenvalue weighted by Crippen LogP contribution is -2.12. The molecular formula is C14H17N3O2. The lowest BCUT2D eigenvalue weighted by atomic mass is 10.1. The molecule has 19 heavy (non-hydrogen) atoms. The van der Waals surface area contributed by atoms with Crippen LogP contribution in [0.4, 0.5) is 5.69 Å². The van der Waals surface area contributed by atoms with Crippen molar-refractivity contribution in [3.63, 3.8) is 0 Å². The molecule has 0 saturated heterocycles. The molecule has 0 unspecified atom stereocenters. The van der Waals surface area contributed by atoms with Crippen LogP contribution < -0.4 is 5.73 Å². The number of aryl methyl sites for hydroxylation is 2. The van der Waals surface area contributed by atoms with Gasteiger partial charge in [0.05, 0.1) is 12.2 Å². The number of nitrogens with zero attached hydrogens (tertiary/aromatic N) is 2. The standard InChI is InChI=1S/C14H17N3O2/c1-10-3-4-13(15)12(9-10)14(18)19-8-6-11-5-7-16-17(11)2/h3-5,7,9H,6,8,15H2,1-2H3. The van der Waals surface area contributed by atoms with Crippen molar-refractivity contribution >= 4 is 11.7 Å². The Morgan fingerprint density at radius 3 is 2.89 bits per heavy atom. The van der Waals surface area contributed by atoms with Crippen molar-refractivity contribution in [2.24, 2.45) is 7.05 Å². The lowest BCUT2D eigenvalue weighted by molar-refractivity contribution is 0.0508. The summed E-state index contributed by atoms with van der Waals surface area (Å²) in [4.78, 5) is 11.9. The minimum absolute atomic E-state index is 0.311. The molecule has 0 radical (unpaired) electrons. The van der Waals surface area contributed by atoms with E-state index in [1.54, 1.807) is 23.0 Å². The highest BCUT2D eigenvalue weighted by molar-refractivity contribution is 5.95. The Kier molecular flexibility index (Phi) is 3.85. The van der Waals surface area contributed by atoms with E-state index < -0.39 is 0 Å². The molecule has 1 heterocycles. The van der Waals surface area contributed by atoms with E-state index in [-0.39, 0.29) is 5.97 Å². The van der Waals surface area contributed by atoms with Crippen LogP contribution in [0.5, 0.6) is 0 Å². The summed E-state index contributed by atoms with van der Waals surface area (Å²) in [5, 5.41) is 4.05. The number of aromatic nitrogens is 2. The molecule has 5 nitrogen and oxygen atoms in total. The number of rotatable bonds is 4. The number of carbonyl (C=O) groups excluding carboxylic acids is 1. The maximum Gasteiger partial charge on any atom is 0.340 e. The number of ether oxygens (including phenoxy) is 1. The number of carbonyl (C=O) groups is 1. The fraction of sp³-hybridized carbons (Fsp3) is 0.286. The zero-order chi connectivity index (χ0) is 13.8. The Morgan fingerprint density at radius 1 is 1.42 bits per heavy atom. The predicted molar refractivity (Wildman–Crippen MR) is 72.8 cm³/mol. The minimum Gasteiger partial charge on any atom is -0.462 e. The van der Waals surface area contributed by atoms with Gasteiger partial charge in [0.25, 0.3) is 0 Å². The molecule has 2 N–H and O–H groups in total. The SMILES string of the molecule is Cc1ccc(N)c(C(=O)OCCc2ccnn2C)c1. The third-order valence-electron chi connectivity index (χ3n) is 2.94. The van der Waals surface area contributed by atoms with E-state index in [0.29, 0.717) is 24.3 Å². The first-order valence-electron chi connectivity index (χ1n) is 6.08. The Morgan fingerprint density at radius 2 is 2.21 bits per heavy atom. The molecule has 0 aliphatic heterocycles. The van der Waals surface area contributed by atoms with E-state index in [4.69, 9.17) is 10.5 Å². The van der Waals surface area contributed by atoms with Crippen LogP contribution in [-0.4, -0.2) is 22.4 Å². The van der Waals surface area contributed by atoms with Crippen LogP contribution >= 0.6 is 0 Å². The first kappa shape index (κ1) is 13.1. The van der Waals surface area contributed by atoms with E-state index in [1.807, 2.05) is 26.1 Å². The highest BCUT2D eigenvalue weighted by Crippen LogP contribution is 2.15. The normalized spacial score (nSPS) is 10.4. The quantitative estimate of drug-likeness (QED) is 0.670. The first-order chi connectivity index (χ1) is 9.08. The highest BCUT2D eigenvalue weighted by atomic mass is 16.5.